The largest absolute Gasteiger partial charge is 0.452 e. The number of benzene rings is 2. The van der Waals surface area contributed by atoms with Crippen molar-refractivity contribution in [1.82, 2.24) is 0 Å². The van der Waals surface area contributed by atoms with Gasteiger partial charge in [0.05, 0.1) is 23.1 Å². The number of esters is 1. The van der Waals surface area contributed by atoms with Crippen molar-refractivity contribution < 1.29 is 23.9 Å². The zero-order chi connectivity index (χ0) is 24.1. The molecule has 1 saturated carbocycles. The number of hydrogen-bond donors (Lipinski definition) is 1. The lowest BCUT2D eigenvalue weighted by atomic mass is 9.82. The first-order valence-corrected chi connectivity index (χ1v) is 11.5. The van der Waals surface area contributed by atoms with E-state index in [1.807, 2.05) is 32.9 Å². The molecule has 174 valence electrons. The van der Waals surface area contributed by atoms with E-state index in [4.69, 9.17) is 4.74 Å². The number of carbonyl (C=O) groups excluding carboxylic acids is 4. The summed E-state index contributed by atoms with van der Waals surface area (Å²) in [6.07, 6.45) is 3.02. The first-order valence-electron chi connectivity index (χ1n) is 11.5. The minimum Gasteiger partial charge on any atom is -0.452 e. The molecular weight excluding hydrogens is 432 g/mol. The molecule has 2 fully saturated rings. The minimum atomic E-state index is -0.656. The average molecular weight is 459 g/mol. The van der Waals surface area contributed by atoms with Gasteiger partial charge in [0.2, 0.25) is 11.8 Å². The van der Waals surface area contributed by atoms with Crippen LogP contribution in [0, 0.1) is 37.5 Å². The number of carbonyl (C=O) groups is 4. The van der Waals surface area contributed by atoms with Gasteiger partial charge in [0.15, 0.2) is 6.61 Å². The second kappa shape index (κ2) is 8.24. The molecule has 2 aliphatic carbocycles. The van der Waals surface area contributed by atoms with Crippen LogP contribution in [0.4, 0.5) is 11.4 Å². The van der Waals surface area contributed by atoms with E-state index in [-0.39, 0.29) is 41.0 Å². The summed E-state index contributed by atoms with van der Waals surface area (Å²) in [5, 5.41) is 2.75. The molecule has 2 aromatic carbocycles. The Labute approximate surface area is 197 Å². The van der Waals surface area contributed by atoms with Crippen molar-refractivity contribution in [3.05, 3.63) is 70.8 Å². The SMILES string of the molecule is CC1=C[C@H]2C[C@H]1[C@H]1C(=O)N(c3ccc(C(=O)OCC(=O)Nc4cccc(C)c4C)cc3)C(=O)[C@@H]12. The zero-order valence-electron chi connectivity index (χ0n) is 19.3. The number of nitrogens with zero attached hydrogens (tertiary/aromatic N) is 1. The molecule has 7 heteroatoms. The van der Waals surface area contributed by atoms with Gasteiger partial charge in [0, 0.05) is 5.69 Å². The van der Waals surface area contributed by atoms with Gasteiger partial charge >= 0.3 is 5.97 Å². The summed E-state index contributed by atoms with van der Waals surface area (Å²) in [5.74, 6) is -1.67. The number of rotatable bonds is 5. The van der Waals surface area contributed by atoms with Crippen LogP contribution < -0.4 is 10.2 Å². The molecular formula is C27H26N2O5. The fourth-order valence-electron chi connectivity index (χ4n) is 5.56. The summed E-state index contributed by atoms with van der Waals surface area (Å²) < 4.78 is 5.14. The molecule has 0 spiro atoms. The number of imide groups is 1. The Balaban J connectivity index is 1.21. The first kappa shape index (κ1) is 22.1. The third-order valence-corrected chi connectivity index (χ3v) is 7.45. The lowest BCUT2D eigenvalue weighted by molar-refractivity contribution is -0.123. The molecule has 0 aromatic heterocycles. The van der Waals surface area contributed by atoms with Crippen LogP contribution in [-0.2, 0) is 19.1 Å². The molecule has 3 amide bonds. The molecule has 1 saturated heterocycles. The average Bonchev–Trinajstić information content (AvgIpc) is 3.45. The van der Waals surface area contributed by atoms with E-state index < -0.39 is 18.5 Å². The molecule has 5 rings (SSSR count). The van der Waals surface area contributed by atoms with Gasteiger partial charge in [-0.2, -0.15) is 0 Å². The maximum atomic E-state index is 13.1. The molecule has 0 radical (unpaired) electrons. The number of ether oxygens (including phenoxy) is 1. The Morgan fingerprint density at radius 1 is 1.00 bits per heavy atom. The van der Waals surface area contributed by atoms with Gasteiger partial charge in [-0.15, -0.1) is 0 Å². The Morgan fingerprint density at radius 3 is 2.44 bits per heavy atom. The topological polar surface area (TPSA) is 92.8 Å². The van der Waals surface area contributed by atoms with Crippen molar-refractivity contribution in [3.63, 3.8) is 0 Å². The number of fused-ring (bicyclic) bond motifs is 5. The van der Waals surface area contributed by atoms with Crippen LogP contribution in [0.1, 0.15) is 34.8 Å². The molecule has 2 aromatic rings. The highest BCUT2D eigenvalue weighted by molar-refractivity contribution is 6.23. The van der Waals surface area contributed by atoms with Gasteiger partial charge in [0.1, 0.15) is 0 Å². The second-order valence-electron chi connectivity index (χ2n) is 9.40. The van der Waals surface area contributed by atoms with Crippen molar-refractivity contribution in [2.45, 2.75) is 27.2 Å². The molecule has 1 heterocycles. The number of hydrogen-bond acceptors (Lipinski definition) is 5. The highest BCUT2D eigenvalue weighted by Crippen LogP contribution is 2.55. The van der Waals surface area contributed by atoms with Crippen molar-refractivity contribution in [2.75, 3.05) is 16.8 Å². The third-order valence-electron chi connectivity index (χ3n) is 7.45. The van der Waals surface area contributed by atoms with Gasteiger partial charge in [-0.1, -0.05) is 23.8 Å². The van der Waals surface area contributed by atoms with Crippen LogP contribution in [0.5, 0.6) is 0 Å². The number of allylic oxidation sites excluding steroid dienone is 2. The van der Waals surface area contributed by atoms with Crippen molar-refractivity contribution in [2.24, 2.45) is 23.7 Å². The summed E-state index contributed by atoms with van der Waals surface area (Å²) in [4.78, 5) is 52.0. The number of anilines is 2. The van der Waals surface area contributed by atoms with Gasteiger partial charge in [-0.25, -0.2) is 4.79 Å². The van der Waals surface area contributed by atoms with Crippen LogP contribution in [0.25, 0.3) is 0 Å². The van der Waals surface area contributed by atoms with Crippen LogP contribution >= 0.6 is 0 Å². The first-order chi connectivity index (χ1) is 16.3. The predicted octanol–water partition coefficient (Wildman–Crippen LogP) is 3.80. The van der Waals surface area contributed by atoms with Gasteiger partial charge in [-0.3, -0.25) is 19.3 Å². The molecule has 0 unspecified atom stereocenters. The standard InChI is InChI=1S/C27H26N2O5/c1-14-5-4-6-21(16(14)3)28-22(30)13-34-27(33)17-7-9-19(10-8-17)29-25(31)23-18-11-15(2)20(12-18)24(23)26(29)32/h4-11,18,20,23-24H,12-13H2,1-3H3,(H,28,30)/t18-,20+,23+,24+/m0/s1. The Bertz CT molecular complexity index is 1250. The van der Waals surface area contributed by atoms with E-state index in [9.17, 15) is 19.2 Å². The summed E-state index contributed by atoms with van der Waals surface area (Å²) in [5.41, 5.74) is 4.56. The molecule has 1 aliphatic heterocycles. The molecule has 1 N–H and O–H groups in total. The maximum Gasteiger partial charge on any atom is 0.338 e. The Morgan fingerprint density at radius 2 is 1.71 bits per heavy atom. The lowest BCUT2D eigenvalue weighted by Gasteiger charge is -2.19. The fourth-order valence-corrected chi connectivity index (χ4v) is 5.56. The third kappa shape index (κ3) is 3.52. The summed E-state index contributed by atoms with van der Waals surface area (Å²) in [6, 6.07) is 11.7. The summed E-state index contributed by atoms with van der Waals surface area (Å²) >= 11 is 0. The molecule has 2 bridgehead atoms. The van der Waals surface area contributed by atoms with Crippen LogP contribution in [0.15, 0.2) is 54.1 Å². The lowest BCUT2D eigenvalue weighted by Crippen LogP contribution is -2.33. The number of nitrogens with one attached hydrogen (secondary N) is 1. The van der Waals surface area contributed by atoms with Crippen molar-refractivity contribution in [3.8, 4) is 0 Å². The molecule has 3 aliphatic rings. The number of aryl methyl sites for hydroxylation is 1. The van der Waals surface area contributed by atoms with Crippen molar-refractivity contribution >= 4 is 35.1 Å². The van der Waals surface area contributed by atoms with E-state index in [1.54, 1.807) is 18.2 Å². The van der Waals surface area contributed by atoms with Gasteiger partial charge in [-0.05, 0) is 80.5 Å². The Kier molecular flexibility index (Phi) is 5.35. The van der Waals surface area contributed by atoms with Crippen molar-refractivity contribution in [1.29, 1.82) is 0 Å². The van der Waals surface area contributed by atoms with E-state index in [2.05, 4.69) is 11.4 Å². The smallest absolute Gasteiger partial charge is 0.338 e. The molecule has 4 atom stereocenters. The van der Waals surface area contributed by atoms with Gasteiger partial charge < -0.3 is 10.1 Å². The van der Waals surface area contributed by atoms with E-state index >= 15 is 0 Å². The van der Waals surface area contributed by atoms with Gasteiger partial charge in [0.25, 0.3) is 5.91 Å². The van der Waals surface area contributed by atoms with E-state index in [0.717, 1.165) is 17.5 Å². The zero-order valence-corrected chi connectivity index (χ0v) is 19.3. The highest BCUT2D eigenvalue weighted by Gasteiger charge is 2.60. The molecule has 34 heavy (non-hydrogen) atoms. The Hall–Kier alpha value is -3.74. The van der Waals surface area contributed by atoms with Crippen LogP contribution in [0.3, 0.4) is 0 Å². The quantitative estimate of drug-likeness (QED) is 0.418. The van der Waals surface area contributed by atoms with E-state index in [0.29, 0.717) is 11.4 Å². The highest BCUT2D eigenvalue weighted by atomic mass is 16.5. The fraction of sp³-hybridized carbons (Fsp3) is 0.333. The van der Waals surface area contributed by atoms with E-state index in [1.165, 1.54) is 22.6 Å². The minimum absolute atomic E-state index is 0.139. The summed E-state index contributed by atoms with van der Waals surface area (Å²) in [7, 11) is 0. The predicted molar refractivity (Wildman–Crippen MR) is 126 cm³/mol. The summed E-state index contributed by atoms with van der Waals surface area (Å²) in [6.45, 7) is 5.47. The molecule has 7 nitrogen and oxygen atoms in total. The maximum absolute atomic E-state index is 13.1. The normalized spacial score (nSPS) is 24.8. The monoisotopic (exact) mass is 458 g/mol. The second-order valence-corrected chi connectivity index (χ2v) is 9.40. The van der Waals surface area contributed by atoms with Crippen LogP contribution in [-0.4, -0.2) is 30.3 Å². The van der Waals surface area contributed by atoms with Crippen LogP contribution in [0.2, 0.25) is 0 Å². The number of amides is 3.